The van der Waals surface area contributed by atoms with Crippen LogP contribution >= 0.6 is 11.6 Å². The smallest absolute Gasteiger partial charge is 0.251 e. The highest BCUT2D eigenvalue weighted by Gasteiger charge is 2.31. The molecule has 1 aromatic heterocycles. The second-order valence-corrected chi connectivity index (χ2v) is 8.27. The fourth-order valence-electron chi connectivity index (χ4n) is 3.86. The molecular formula is C25H21ClN6O. The highest BCUT2D eigenvalue weighted by molar-refractivity contribution is 6.30. The van der Waals surface area contributed by atoms with Crippen molar-refractivity contribution in [3.05, 3.63) is 107 Å². The monoisotopic (exact) mass is 456 g/mol. The number of benzene rings is 3. The molecule has 0 saturated heterocycles. The van der Waals surface area contributed by atoms with Crippen LogP contribution in [0.2, 0.25) is 5.02 Å². The van der Waals surface area contributed by atoms with Crippen molar-refractivity contribution in [1.82, 2.24) is 20.2 Å². The lowest BCUT2D eigenvalue weighted by Gasteiger charge is -2.32. The van der Waals surface area contributed by atoms with Crippen LogP contribution in [0.1, 0.15) is 22.7 Å². The summed E-state index contributed by atoms with van der Waals surface area (Å²) in [6.07, 6.45) is 2.07. The van der Waals surface area contributed by atoms with Crippen LogP contribution < -0.4 is 10.2 Å². The van der Waals surface area contributed by atoms with Gasteiger partial charge in [0.2, 0.25) is 5.91 Å². The van der Waals surface area contributed by atoms with Gasteiger partial charge in [-0.3, -0.25) is 9.69 Å². The van der Waals surface area contributed by atoms with Crippen molar-refractivity contribution in [2.75, 3.05) is 16.8 Å². The van der Waals surface area contributed by atoms with E-state index in [1.54, 1.807) is 4.68 Å². The fourth-order valence-corrected chi connectivity index (χ4v) is 3.99. The van der Waals surface area contributed by atoms with Gasteiger partial charge in [0.05, 0.1) is 5.70 Å². The van der Waals surface area contributed by atoms with Gasteiger partial charge in [0.1, 0.15) is 12.6 Å². The zero-order chi connectivity index (χ0) is 22.8. The average Bonchev–Trinajstić information content (AvgIpc) is 3.32. The summed E-state index contributed by atoms with van der Waals surface area (Å²) in [5.41, 5.74) is 4.69. The molecule has 0 spiro atoms. The maximum Gasteiger partial charge on any atom is 0.251 e. The molecule has 0 saturated carbocycles. The summed E-state index contributed by atoms with van der Waals surface area (Å²) in [6.45, 7) is 2.06. The van der Waals surface area contributed by atoms with E-state index in [1.807, 2.05) is 90.7 Å². The van der Waals surface area contributed by atoms with E-state index in [1.165, 1.54) is 0 Å². The number of carbonyl (C=O) groups excluding carboxylic acids is 1. The Morgan fingerprint density at radius 2 is 1.73 bits per heavy atom. The predicted molar refractivity (Wildman–Crippen MR) is 129 cm³/mol. The Hall–Kier alpha value is -3.97. The van der Waals surface area contributed by atoms with E-state index < -0.39 is 0 Å². The summed E-state index contributed by atoms with van der Waals surface area (Å²) < 4.78 is 1.72. The number of aromatic nitrogens is 4. The number of aryl methyl sites for hydroxylation is 1. The second-order valence-electron chi connectivity index (χ2n) is 7.84. The Balaban J connectivity index is 1.52. The summed E-state index contributed by atoms with van der Waals surface area (Å²) in [4.78, 5) is 14.8. The number of fused-ring (bicyclic) bond motifs is 1. The van der Waals surface area contributed by atoms with Gasteiger partial charge in [0.25, 0.3) is 5.95 Å². The molecule has 33 heavy (non-hydrogen) atoms. The first-order valence-electron chi connectivity index (χ1n) is 10.5. The minimum atomic E-state index is -0.237. The lowest BCUT2D eigenvalue weighted by Crippen LogP contribution is -2.37. The van der Waals surface area contributed by atoms with Gasteiger partial charge in [0.15, 0.2) is 0 Å². The summed E-state index contributed by atoms with van der Waals surface area (Å²) in [6, 6.07) is 25.0. The van der Waals surface area contributed by atoms with Crippen molar-refractivity contribution in [2.45, 2.75) is 13.0 Å². The second kappa shape index (κ2) is 8.88. The number of hydrogen-bond acceptors (Lipinski definition) is 5. The maximum atomic E-state index is 13.0. The average molecular weight is 457 g/mol. The number of halogens is 1. The molecule has 1 atom stereocenters. The third-order valence-corrected chi connectivity index (χ3v) is 5.76. The van der Waals surface area contributed by atoms with E-state index in [0.717, 1.165) is 28.1 Å². The minimum absolute atomic E-state index is 0.0579. The van der Waals surface area contributed by atoms with Crippen LogP contribution in [0.3, 0.4) is 0 Å². The molecule has 164 valence electrons. The van der Waals surface area contributed by atoms with Crippen molar-refractivity contribution in [2.24, 2.45) is 0 Å². The van der Waals surface area contributed by atoms with Gasteiger partial charge in [-0.15, -0.1) is 0 Å². The summed E-state index contributed by atoms with van der Waals surface area (Å²) >= 11 is 6.09. The Kier molecular flexibility index (Phi) is 5.62. The van der Waals surface area contributed by atoms with Crippen molar-refractivity contribution in [1.29, 1.82) is 0 Å². The molecular weight excluding hydrogens is 436 g/mol. The SMILES string of the molecule is Cc1ccc(NC(=O)CN2C(c3ccccc3)=C[C@H](c3ccc(Cl)cc3)n3nnnc32)cc1. The lowest BCUT2D eigenvalue weighted by molar-refractivity contribution is -0.114. The quantitative estimate of drug-likeness (QED) is 0.470. The molecule has 1 aliphatic rings. The van der Waals surface area contributed by atoms with E-state index in [4.69, 9.17) is 11.6 Å². The maximum absolute atomic E-state index is 13.0. The van der Waals surface area contributed by atoms with E-state index in [0.29, 0.717) is 11.0 Å². The normalized spacial score (nSPS) is 15.0. The number of anilines is 2. The van der Waals surface area contributed by atoms with Crippen molar-refractivity contribution >= 4 is 34.8 Å². The summed E-state index contributed by atoms with van der Waals surface area (Å²) in [5.74, 6) is 0.329. The van der Waals surface area contributed by atoms with Gasteiger partial charge in [0, 0.05) is 10.7 Å². The van der Waals surface area contributed by atoms with E-state index in [9.17, 15) is 4.79 Å². The molecule has 0 bridgehead atoms. The molecule has 3 aromatic carbocycles. The summed E-state index contributed by atoms with van der Waals surface area (Å²) in [7, 11) is 0. The van der Waals surface area contributed by atoms with Crippen LogP contribution in [0, 0.1) is 6.92 Å². The first-order chi connectivity index (χ1) is 16.1. The molecule has 1 amide bonds. The number of nitrogens with one attached hydrogen (secondary N) is 1. The van der Waals surface area contributed by atoms with Crippen LogP contribution in [0.25, 0.3) is 5.70 Å². The first kappa shape index (κ1) is 20.9. The molecule has 0 unspecified atom stereocenters. The Morgan fingerprint density at radius 1 is 1.00 bits per heavy atom. The number of rotatable bonds is 5. The standard InChI is InChI=1S/C25H21ClN6O/c1-17-7-13-21(14-8-17)27-24(33)16-31-22(18-5-3-2-4-6-18)15-23(32-25(31)28-29-30-32)19-9-11-20(26)12-10-19/h2-15,23H,16H2,1H3,(H,27,33)/t23-/m1/s1. The zero-order valence-corrected chi connectivity index (χ0v) is 18.6. The van der Waals surface area contributed by atoms with Crippen molar-refractivity contribution in [3.63, 3.8) is 0 Å². The number of hydrogen-bond donors (Lipinski definition) is 1. The Labute approximate surface area is 196 Å². The van der Waals surface area contributed by atoms with Gasteiger partial charge in [-0.2, -0.15) is 4.68 Å². The van der Waals surface area contributed by atoms with Crippen molar-refractivity contribution in [3.8, 4) is 0 Å². The third-order valence-electron chi connectivity index (χ3n) is 5.51. The molecule has 7 nitrogen and oxygen atoms in total. The van der Waals surface area contributed by atoms with Gasteiger partial charge in [-0.05, 0) is 58.8 Å². The first-order valence-corrected chi connectivity index (χ1v) is 10.9. The number of tetrazole rings is 1. The molecule has 0 aliphatic carbocycles. The number of allylic oxidation sites excluding steroid dienone is 1. The largest absolute Gasteiger partial charge is 0.325 e. The zero-order valence-electron chi connectivity index (χ0n) is 17.9. The molecule has 4 aromatic rings. The Morgan fingerprint density at radius 3 is 2.45 bits per heavy atom. The molecule has 5 rings (SSSR count). The highest BCUT2D eigenvalue weighted by atomic mass is 35.5. The van der Waals surface area contributed by atoms with Crippen LogP contribution in [-0.4, -0.2) is 32.7 Å². The van der Waals surface area contributed by atoms with E-state index in [-0.39, 0.29) is 18.5 Å². The van der Waals surface area contributed by atoms with Crippen LogP contribution in [-0.2, 0) is 4.79 Å². The Bertz CT molecular complexity index is 1300. The topological polar surface area (TPSA) is 75.9 Å². The van der Waals surface area contributed by atoms with Crippen LogP contribution in [0.15, 0.2) is 84.9 Å². The molecule has 1 N–H and O–H groups in total. The molecule has 1 aliphatic heterocycles. The predicted octanol–water partition coefficient (Wildman–Crippen LogP) is 4.72. The molecule has 8 heteroatoms. The fraction of sp³-hybridized carbons (Fsp3) is 0.120. The van der Waals surface area contributed by atoms with Crippen LogP contribution in [0.4, 0.5) is 11.6 Å². The molecule has 0 fully saturated rings. The number of nitrogens with zero attached hydrogens (tertiary/aromatic N) is 5. The van der Waals surface area contributed by atoms with Gasteiger partial charge in [-0.1, -0.05) is 76.9 Å². The van der Waals surface area contributed by atoms with Crippen molar-refractivity contribution < 1.29 is 4.79 Å². The highest BCUT2D eigenvalue weighted by Crippen LogP contribution is 2.36. The third kappa shape index (κ3) is 4.36. The van der Waals surface area contributed by atoms with Gasteiger partial charge < -0.3 is 5.32 Å². The van der Waals surface area contributed by atoms with E-state index in [2.05, 4.69) is 26.9 Å². The van der Waals surface area contributed by atoms with E-state index >= 15 is 0 Å². The van der Waals surface area contributed by atoms with Gasteiger partial charge >= 0.3 is 0 Å². The molecule has 2 heterocycles. The van der Waals surface area contributed by atoms with Crippen LogP contribution in [0.5, 0.6) is 0 Å². The number of carbonyl (C=O) groups is 1. The molecule has 0 radical (unpaired) electrons. The number of amides is 1. The van der Waals surface area contributed by atoms with Gasteiger partial charge in [-0.25, -0.2) is 0 Å². The summed E-state index contributed by atoms with van der Waals surface area (Å²) in [5, 5.41) is 16.0. The lowest BCUT2D eigenvalue weighted by atomic mass is 10.0. The minimum Gasteiger partial charge on any atom is -0.325 e.